The van der Waals surface area contributed by atoms with Crippen molar-refractivity contribution < 1.29 is 47.8 Å². The van der Waals surface area contributed by atoms with Crippen LogP contribution in [-0.2, 0) is 32.9 Å². The SMILES string of the molecule is CCCCCCCCCCCCCCCCCC(=O)OCC(CN[C@@H](COP(=O)([O-])O)C(=O)O)OC(=O)CCCCCCCCCCCCCCCCC. The fourth-order valence-electron chi connectivity index (χ4n) is 6.58. The van der Waals surface area contributed by atoms with Crippen LogP contribution in [0.2, 0.25) is 0 Å². The van der Waals surface area contributed by atoms with Gasteiger partial charge in [-0.05, 0) is 12.8 Å². The second kappa shape index (κ2) is 38.4. The minimum Gasteiger partial charge on any atom is -0.756 e. The lowest BCUT2D eigenvalue weighted by Crippen LogP contribution is -2.46. The zero-order valence-electron chi connectivity index (χ0n) is 34.5. The molecule has 0 spiro atoms. The van der Waals surface area contributed by atoms with Crippen molar-refractivity contribution in [1.82, 2.24) is 5.32 Å². The van der Waals surface area contributed by atoms with E-state index in [1.807, 2.05) is 0 Å². The average molecular weight is 791 g/mol. The normalized spacial score (nSPS) is 13.7. The minimum atomic E-state index is -5.13. The third-order valence-corrected chi connectivity index (χ3v) is 10.5. The van der Waals surface area contributed by atoms with Crippen LogP contribution in [-0.4, -0.2) is 59.8 Å². The van der Waals surface area contributed by atoms with Gasteiger partial charge in [0, 0.05) is 19.4 Å². The van der Waals surface area contributed by atoms with Gasteiger partial charge < -0.3 is 28.9 Å². The number of carboxylic acids is 1. The van der Waals surface area contributed by atoms with Crippen LogP contribution >= 0.6 is 7.82 Å². The van der Waals surface area contributed by atoms with E-state index in [1.165, 1.54) is 141 Å². The Morgan fingerprint density at radius 2 is 0.889 bits per heavy atom. The van der Waals surface area contributed by atoms with Gasteiger partial charge in [-0.1, -0.05) is 194 Å². The molecule has 0 aliphatic heterocycles. The van der Waals surface area contributed by atoms with Gasteiger partial charge in [0.2, 0.25) is 0 Å². The Morgan fingerprint density at radius 1 is 0.556 bits per heavy atom. The number of nitrogens with one attached hydrogen (secondary N) is 1. The minimum absolute atomic E-state index is 0.192. The van der Waals surface area contributed by atoms with Gasteiger partial charge in [-0.25, -0.2) is 0 Å². The Kier molecular flexibility index (Phi) is 37.3. The molecular weight excluding hydrogens is 709 g/mol. The van der Waals surface area contributed by atoms with Gasteiger partial charge in [0.15, 0.2) is 0 Å². The number of carbonyl (C=O) groups excluding carboxylic acids is 2. The number of hydrogen-bond donors (Lipinski definition) is 3. The maximum atomic E-state index is 12.7. The zero-order chi connectivity index (χ0) is 40.0. The number of aliphatic carboxylic acids is 1. The number of ether oxygens (including phenoxy) is 2. The van der Waals surface area contributed by atoms with Crippen molar-refractivity contribution in [3.05, 3.63) is 0 Å². The van der Waals surface area contributed by atoms with Gasteiger partial charge in [0.05, 0.1) is 6.61 Å². The van der Waals surface area contributed by atoms with Crippen LogP contribution < -0.4 is 10.2 Å². The smallest absolute Gasteiger partial charge is 0.323 e. The molecule has 12 heteroatoms. The van der Waals surface area contributed by atoms with Crippen molar-refractivity contribution >= 4 is 25.7 Å². The molecule has 0 heterocycles. The summed E-state index contributed by atoms with van der Waals surface area (Å²) in [7, 11) is -5.13. The third-order valence-electron chi connectivity index (χ3n) is 9.99. The van der Waals surface area contributed by atoms with Gasteiger partial charge >= 0.3 is 17.9 Å². The number of phosphoric ester groups is 1. The van der Waals surface area contributed by atoms with E-state index in [1.54, 1.807) is 0 Å². The summed E-state index contributed by atoms with van der Waals surface area (Å²) >= 11 is 0. The summed E-state index contributed by atoms with van der Waals surface area (Å²) in [5, 5.41) is 12.0. The van der Waals surface area contributed by atoms with Crippen molar-refractivity contribution in [2.45, 2.75) is 231 Å². The Hall–Kier alpha value is -1.52. The van der Waals surface area contributed by atoms with E-state index in [-0.39, 0.29) is 26.0 Å². The van der Waals surface area contributed by atoms with Crippen LogP contribution in [0.25, 0.3) is 0 Å². The van der Waals surface area contributed by atoms with E-state index in [2.05, 4.69) is 23.7 Å². The molecule has 0 amide bonds. The number of unbranched alkanes of at least 4 members (excludes halogenated alkanes) is 28. The molecule has 0 aromatic rings. The van der Waals surface area contributed by atoms with Gasteiger partial charge in [-0.2, -0.15) is 0 Å². The molecule has 54 heavy (non-hydrogen) atoms. The molecule has 0 aliphatic rings. The molecule has 0 radical (unpaired) electrons. The average Bonchev–Trinajstić information content (AvgIpc) is 3.13. The number of phosphoric acid groups is 1. The summed E-state index contributed by atoms with van der Waals surface area (Å²) in [6.45, 7) is 3.16. The van der Waals surface area contributed by atoms with Crippen molar-refractivity contribution in [3.8, 4) is 0 Å². The number of carboxylic acid groups (broad SMARTS) is 1. The Morgan fingerprint density at radius 3 is 1.22 bits per heavy atom. The van der Waals surface area contributed by atoms with Gasteiger partial charge in [0.1, 0.15) is 18.8 Å². The molecule has 0 fully saturated rings. The molecule has 11 nitrogen and oxygen atoms in total. The summed E-state index contributed by atoms with van der Waals surface area (Å²) in [6, 6.07) is -1.51. The topological polar surface area (TPSA) is 172 Å². The third kappa shape index (κ3) is 38.7. The first-order chi connectivity index (χ1) is 26.1. The Balaban J connectivity index is 4.34. The predicted molar refractivity (Wildman–Crippen MR) is 215 cm³/mol. The first-order valence-electron chi connectivity index (χ1n) is 22.1. The van der Waals surface area contributed by atoms with Crippen LogP contribution in [0, 0.1) is 0 Å². The van der Waals surface area contributed by atoms with Crippen LogP contribution in [0.15, 0.2) is 0 Å². The fraction of sp³-hybridized carbons (Fsp3) is 0.929. The number of hydrogen-bond acceptors (Lipinski definition) is 9. The second-order valence-corrected chi connectivity index (χ2v) is 16.5. The molecule has 3 atom stereocenters. The Labute approximate surface area is 329 Å². The first-order valence-corrected chi connectivity index (χ1v) is 23.6. The van der Waals surface area contributed by atoms with Crippen molar-refractivity contribution in [1.29, 1.82) is 0 Å². The molecule has 0 aromatic carbocycles. The molecular formula is C42H81NO10P-. The zero-order valence-corrected chi connectivity index (χ0v) is 35.4. The summed E-state index contributed by atoms with van der Waals surface area (Å²) < 4.78 is 26.1. The molecule has 0 aromatic heterocycles. The van der Waals surface area contributed by atoms with Crippen LogP contribution in [0.5, 0.6) is 0 Å². The van der Waals surface area contributed by atoms with E-state index in [9.17, 15) is 28.9 Å². The molecule has 0 bridgehead atoms. The largest absolute Gasteiger partial charge is 0.756 e. The second-order valence-electron chi connectivity index (χ2n) is 15.3. The van der Waals surface area contributed by atoms with E-state index in [0.29, 0.717) is 12.8 Å². The lowest BCUT2D eigenvalue weighted by molar-refractivity contribution is -0.220. The summed E-state index contributed by atoms with van der Waals surface area (Å²) in [5.41, 5.74) is 0. The Bertz CT molecular complexity index is 931. The fourth-order valence-corrected chi connectivity index (χ4v) is 6.92. The molecule has 0 saturated heterocycles. The standard InChI is InChI=1S/C42H82NO10P/c1-3-5-7-9-11-13-15-17-19-21-23-25-27-29-31-33-40(44)51-36-38(35-43-39(42(46)47)37-52-54(48,49)50)53-41(45)34-32-30-28-26-24-22-20-18-16-14-12-10-8-6-4-2/h38-39,43H,3-37H2,1-2H3,(H,46,47)(H2,48,49,50)/p-1/t38?,39-/m0/s1. The van der Waals surface area contributed by atoms with Crippen LogP contribution in [0.3, 0.4) is 0 Å². The molecule has 2 unspecified atom stereocenters. The predicted octanol–water partition coefficient (Wildman–Crippen LogP) is 10.5. The van der Waals surface area contributed by atoms with Crippen LogP contribution in [0.1, 0.15) is 219 Å². The first kappa shape index (κ1) is 52.5. The van der Waals surface area contributed by atoms with Gasteiger partial charge in [-0.3, -0.25) is 24.3 Å². The van der Waals surface area contributed by atoms with Crippen molar-refractivity contribution in [2.24, 2.45) is 0 Å². The summed E-state index contributed by atoms with van der Waals surface area (Å²) in [5.74, 6) is -2.31. The van der Waals surface area contributed by atoms with E-state index in [4.69, 9.17) is 14.4 Å². The van der Waals surface area contributed by atoms with E-state index >= 15 is 0 Å². The van der Waals surface area contributed by atoms with Gasteiger partial charge in [-0.15, -0.1) is 0 Å². The highest BCUT2D eigenvalue weighted by molar-refractivity contribution is 7.44. The highest BCUT2D eigenvalue weighted by Gasteiger charge is 2.24. The maximum Gasteiger partial charge on any atom is 0.323 e. The molecule has 0 saturated carbocycles. The monoisotopic (exact) mass is 791 g/mol. The molecule has 0 aliphatic carbocycles. The number of esters is 2. The van der Waals surface area contributed by atoms with Crippen molar-refractivity contribution in [2.75, 3.05) is 19.8 Å². The number of carbonyl (C=O) groups is 3. The van der Waals surface area contributed by atoms with E-state index in [0.717, 1.165) is 38.5 Å². The lowest BCUT2D eigenvalue weighted by Gasteiger charge is -2.23. The molecule has 320 valence electrons. The lowest BCUT2D eigenvalue weighted by atomic mass is 10.0. The highest BCUT2D eigenvalue weighted by atomic mass is 31.2. The van der Waals surface area contributed by atoms with Crippen LogP contribution in [0.4, 0.5) is 0 Å². The summed E-state index contributed by atoms with van der Waals surface area (Å²) in [4.78, 5) is 56.5. The number of rotatable bonds is 42. The van der Waals surface area contributed by atoms with Crippen molar-refractivity contribution in [3.63, 3.8) is 0 Å². The highest BCUT2D eigenvalue weighted by Crippen LogP contribution is 2.30. The molecule has 0 rings (SSSR count). The maximum absolute atomic E-state index is 12.7. The molecule has 3 N–H and O–H groups in total. The quantitative estimate of drug-likeness (QED) is 0.0305. The summed E-state index contributed by atoms with van der Waals surface area (Å²) in [6.07, 6.45) is 36.1. The van der Waals surface area contributed by atoms with E-state index < -0.39 is 44.5 Å². The van der Waals surface area contributed by atoms with Gasteiger partial charge in [0.25, 0.3) is 7.82 Å².